The maximum atomic E-state index is 9.75. The van der Waals surface area contributed by atoms with E-state index in [0.29, 0.717) is 26.2 Å². The van der Waals surface area contributed by atoms with E-state index in [1.165, 1.54) is 0 Å². The maximum absolute atomic E-state index is 9.75. The molecule has 0 heterocycles. The van der Waals surface area contributed by atoms with E-state index in [9.17, 15) is 5.11 Å². The Morgan fingerprint density at radius 1 is 0.778 bits per heavy atom. The summed E-state index contributed by atoms with van der Waals surface area (Å²) in [5.41, 5.74) is 6.69. The average Bonchev–Trinajstić information content (AvgIpc) is 2.62. The molecule has 1 N–H and O–H groups in total. The smallest absolute Gasteiger partial charge is 0.125 e. The molecule has 27 heavy (non-hydrogen) atoms. The molecule has 0 spiro atoms. The second-order valence-corrected chi connectivity index (χ2v) is 7.09. The Kier molecular flexibility index (Phi) is 7.69. The predicted molar refractivity (Wildman–Crippen MR) is 110 cm³/mol. The van der Waals surface area contributed by atoms with E-state index in [1.54, 1.807) is 7.11 Å². The van der Waals surface area contributed by atoms with E-state index in [0.717, 1.165) is 44.9 Å². The van der Waals surface area contributed by atoms with Crippen LogP contribution in [0.25, 0.3) is 11.1 Å². The van der Waals surface area contributed by atoms with Gasteiger partial charge in [-0.25, -0.2) is 0 Å². The SMILES string of the molecule is CCC(O)COc1c(C)cc(-c2cc(C)c(OCCOC)c(C)c2)cc1C. The van der Waals surface area contributed by atoms with E-state index >= 15 is 0 Å². The lowest BCUT2D eigenvalue weighted by molar-refractivity contribution is 0.103. The molecule has 0 saturated heterocycles. The zero-order valence-corrected chi connectivity index (χ0v) is 17.4. The third kappa shape index (κ3) is 5.47. The van der Waals surface area contributed by atoms with Gasteiger partial charge in [-0.15, -0.1) is 0 Å². The van der Waals surface area contributed by atoms with Crippen molar-refractivity contribution in [2.24, 2.45) is 0 Å². The molecule has 0 radical (unpaired) electrons. The van der Waals surface area contributed by atoms with Crippen molar-refractivity contribution < 1.29 is 19.3 Å². The number of methoxy groups -OCH3 is 1. The van der Waals surface area contributed by atoms with E-state index in [2.05, 4.69) is 38.1 Å². The normalized spacial score (nSPS) is 12.1. The minimum Gasteiger partial charge on any atom is -0.491 e. The lowest BCUT2D eigenvalue weighted by Gasteiger charge is -2.18. The number of aryl methyl sites for hydroxylation is 4. The fourth-order valence-corrected chi connectivity index (χ4v) is 3.21. The minimum absolute atomic E-state index is 0.323. The third-order valence-electron chi connectivity index (χ3n) is 4.68. The average molecular weight is 373 g/mol. The largest absolute Gasteiger partial charge is 0.491 e. The first-order chi connectivity index (χ1) is 12.9. The summed E-state index contributed by atoms with van der Waals surface area (Å²) in [7, 11) is 1.67. The van der Waals surface area contributed by atoms with Crippen LogP contribution < -0.4 is 9.47 Å². The number of hydrogen-bond acceptors (Lipinski definition) is 4. The lowest BCUT2D eigenvalue weighted by Crippen LogP contribution is -2.16. The summed E-state index contributed by atoms with van der Waals surface area (Å²) < 4.78 is 16.8. The highest BCUT2D eigenvalue weighted by molar-refractivity contribution is 5.70. The topological polar surface area (TPSA) is 47.9 Å². The van der Waals surface area contributed by atoms with Crippen molar-refractivity contribution in [1.82, 2.24) is 0 Å². The van der Waals surface area contributed by atoms with Crippen molar-refractivity contribution in [3.8, 4) is 22.6 Å². The van der Waals surface area contributed by atoms with E-state index < -0.39 is 6.10 Å². The van der Waals surface area contributed by atoms with E-state index in [1.807, 2.05) is 20.8 Å². The molecule has 2 aromatic carbocycles. The summed E-state index contributed by atoms with van der Waals surface area (Å²) in [5.74, 6) is 1.79. The molecule has 148 valence electrons. The first kappa shape index (κ1) is 21.3. The monoisotopic (exact) mass is 372 g/mol. The van der Waals surface area contributed by atoms with Crippen LogP contribution in [0, 0.1) is 27.7 Å². The van der Waals surface area contributed by atoms with Gasteiger partial charge in [0.2, 0.25) is 0 Å². The van der Waals surface area contributed by atoms with Crippen LogP contribution in [-0.2, 0) is 4.74 Å². The van der Waals surface area contributed by atoms with Crippen molar-refractivity contribution >= 4 is 0 Å². The Morgan fingerprint density at radius 2 is 1.22 bits per heavy atom. The van der Waals surface area contributed by atoms with Gasteiger partial charge in [-0.3, -0.25) is 0 Å². The second-order valence-electron chi connectivity index (χ2n) is 7.09. The highest BCUT2D eigenvalue weighted by Crippen LogP contribution is 2.34. The fourth-order valence-electron chi connectivity index (χ4n) is 3.21. The van der Waals surface area contributed by atoms with Crippen molar-refractivity contribution in [3.05, 3.63) is 46.5 Å². The van der Waals surface area contributed by atoms with Gasteiger partial charge >= 0.3 is 0 Å². The zero-order chi connectivity index (χ0) is 20.0. The fraction of sp³-hybridized carbons (Fsp3) is 0.478. The van der Waals surface area contributed by atoms with Crippen molar-refractivity contribution in [2.45, 2.75) is 47.1 Å². The summed E-state index contributed by atoms with van der Waals surface area (Å²) in [6, 6.07) is 8.59. The standard InChI is InChI=1S/C23H32O4/c1-7-21(24)14-27-23-17(4)12-20(13-18(23)5)19-10-15(2)22(16(3)11-19)26-9-8-25-6/h10-13,21,24H,7-9,14H2,1-6H3. The molecule has 0 aromatic heterocycles. The molecule has 0 aliphatic rings. The van der Waals surface area contributed by atoms with Gasteiger partial charge in [0.1, 0.15) is 24.7 Å². The van der Waals surface area contributed by atoms with Crippen LogP contribution in [0.3, 0.4) is 0 Å². The van der Waals surface area contributed by atoms with Crippen molar-refractivity contribution in [1.29, 1.82) is 0 Å². The van der Waals surface area contributed by atoms with Crippen LogP contribution in [-0.4, -0.2) is 38.1 Å². The van der Waals surface area contributed by atoms with Crippen LogP contribution in [0.5, 0.6) is 11.5 Å². The number of rotatable bonds is 9. The van der Waals surface area contributed by atoms with Crippen LogP contribution in [0.4, 0.5) is 0 Å². The lowest BCUT2D eigenvalue weighted by atomic mass is 9.96. The molecular formula is C23H32O4. The second kappa shape index (κ2) is 9.77. The van der Waals surface area contributed by atoms with Crippen LogP contribution in [0.1, 0.15) is 35.6 Å². The van der Waals surface area contributed by atoms with Gasteiger partial charge in [-0.2, -0.15) is 0 Å². The minimum atomic E-state index is -0.431. The summed E-state index contributed by atoms with van der Waals surface area (Å²) >= 11 is 0. The molecule has 0 saturated carbocycles. The van der Waals surface area contributed by atoms with Crippen molar-refractivity contribution in [3.63, 3.8) is 0 Å². The molecule has 1 unspecified atom stereocenters. The first-order valence-electron chi connectivity index (χ1n) is 9.52. The number of hydrogen-bond donors (Lipinski definition) is 1. The number of aliphatic hydroxyl groups excluding tert-OH is 1. The third-order valence-corrected chi connectivity index (χ3v) is 4.68. The Bertz CT molecular complexity index is 721. The number of benzene rings is 2. The number of aliphatic hydroxyl groups is 1. The van der Waals surface area contributed by atoms with E-state index in [-0.39, 0.29) is 0 Å². The highest BCUT2D eigenvalue weighted by Gasteiger charge is 2.12. The van der Waals surface area contributed by atoms with Crippen molar-refractivity contribution in [2.75, 3.05) is 26.9 Å². The molecule has 0 aliphatic heterocycles. The maximum Gasteiger partial charge on any atom is 0.125 e. The summed E-state index contributed by atoms with van der Waals surface area (Å²) in [6.45, 7) is 11.6. The zero-order valence-electron chi connectivity index (χ0n) is 17.4. The van der Waals surface area contributed by atoms with Gasteiger partial charge in [0.05, 0.1) is 12.7 Å². The van der Waals surface area contributed by atoms with Gasteiger partial charge < -0.3 is 19.3 Å². The Labute approximate surface area is 163 Å². The highest BCUT2D eigenvalue weighted by atomic mass is 16.5. The molecule has 2 aromatic rings. The molecule has 1 atom stereocenters. The molecule has 4 nitrogen and oxygen atoms in total. The molecule has 0 aliphatic carbocycles. The molecule has 0 amide bonds. The predicted octanol–water partition coefficient (Wildman–Crippen LogP) is 4.76. The summed E-state index contributed by atoms with van der Waals surface area (Å²) in [4.78, 5) is 0. The summed E-state index contributed by atoms with van der Waals surface area (Å²) in [5, 5.41) is 9.75. The van der Waals surface area contributed by atoms with Gasteiger partial charge in [0.15, 0.2) is 0 Å². The first-order valence-corrected chi connectivity index (χ1v) is 9.52. The van der Waals surface area contributed by atoms with Crippen LogP contribution >= 0.6 is 0 Å². The molecule has 0 bridgehead atoms. The Hall–Kier alpha value is -2.04. The van der Waals surface area contributed by atoms with Gasteiger partial charge in [0, 0.05) is 7.11 Å². The van der Waals surface area contributed by atoms with E-state index in [4.69, 9.17) is 14.2 Å². The quantitative estimate of drug-likeness (QED) is 0.645. The Balaban J connectivity index is 2.28. The van der Waals surface area contributed by atoms with Crippen LogP contribution in [0.2, 0.25) is 0 Å². The van der Waals surface area contributed by atoms with Gasteiger partial charge in [-0.05, 0) is 91.8 Å². The molecule has 2 rings (SSSR count). The molecule has 4 heteroatoms. The Morgan fingerprint density at radius 3 is 1.63 bits per heavy atom. The molecule has 0 fully saturated rings. The summed E-state index contributed by atoms with van der Waals surface area (Å²) in [6.07, 6.45) is 0.257. The van der Waals surface area contributed by atoms with Gasteiger partial charge in [0.25, 0.3) is 0 Å². The van der Waals surface area contributed by atoms with Gasteiger partial charge in [-0.1, -0.05) is 6.92 Å². The molecular weight excluding hydrogens is 340 g/mol. The number of ether oxygens (including phenoxy) is 3. The van der Waals surface area contributed by atoms with Crippen LogP contribution in [0.15, 0.2) is 24.3 Å².